The molecular weight excluding hydrogens is 412 g/mol. The van der Waals surface area contributed by atoms with Gasteiger partial charge in [0.15, 0.2) is 11.6 Å². The molecule has 0 aliphatic rings. The Morgan fingerprint density at radius 1 is 0.810 bits per heavy atom. The minimum Gasteiger partial charge on any atom is -0.466 e. The number of carbonyl (C=O) groups is 4. The zero-order chi connectivity index (χ0) is 16.4. The second kappa shape index (κ2) is 10.9. The highest BCUT2D eigenvalue weighted by Crippen LogP contribution is 2.19. The van der Waals surface area contributed by atoms with Gasteiger partial charge in [0.05, 0.1) is 22.9 Å². The summed E-state index contributed by atoms with van der Waals surface area (Å²) in [6.07, 6.45) is -0.568. The van der Waals surface area contributed by atoms with E-state index >= 15 is 0 Å². The van der Waals surface area contributed by atoms with Gasteiger partial charge in [0.2, 0.25) is 0 Å². The standard InChI is InChI=1S/C13H18Br2O6/c1-3-20-12(18)6-10(16)8(14)5-9(15)11(17)7-13(19)21-4-2/h8-9H,3-7H2,1-2H3. The molecule has 0 bridgehead atoms. The van der Waals surface area contributed by atoms with Crippen LogP contribution in [0, 0.1) is 0 Å². The van der Waals surface area contributed by atoms with Crippen LogP contribution in [-0.4, -0.2) is 46.4 Å². The molecule has 0 radical (unpaired) electrons. The van der Waals surface area contributed by atoms with Gasteiger partial charge in [-0.25, -0.2) is 0 Å². The highest BCUT2D eigenvalue weighted by Gasteiger charge is 2.26. The predicted octanol–water partition coefficient (Wildman–Crippen LogP) is 1.95. The van der Waals surface area contributed by atoms with Crippen molar-refractivity contribution in [1.82, 2.24) is 0 Å². The number of hydrogen-bond acceptors (Lipinski definition) is 6. The van der Waals surface area contributed by atoms with Gasteiger partial charge in [0.25, 0.3) is 0 Å². The summed E-state index contributed by atoms with van der Waals surface area (Å²) in [7, 11) is 0. The van der Waals surface area contributed by atoms with E-state index in [-0.39, 0.29) is 44.0 Å². The third kappa shape index (κ3) is 8.98. The molecule has 0 aliphatic carbocycles. The summed E-state index contributed by atoms with van der Waals surface area (Å²) in [5.41, 5.74) is 0. The number of ether oxygens (including phenoxy) is 2. The fraction of sp³-hybridized carbons (Fsp3) is 0.692. The molecule has 0 saturated heterocycles. The summed E-state index contributed by atoms with van der Waals surface area (Å²) in [6, 6.07) is 0. The van der Waals surface area contributed by atoms with Crippen LogP contribution in [0.1, 0.15) is 33.1 Å². The minimum atomic E-state index is -0.669. The normalized spacial score (nSPS) is 13.1. The van der Waals surface area contributed by atoms with Crippen LogP contribution in [0.5, 0.6) is 0 Å². The summed E-state index contributed by atoms with van der Waals surface area (Å²) >= 11 is 6.27. The quantitative estimate of drug-likeness (QED) is 0.299. The molecule has 0 rings (SSSR count). The molecule has 21 heavy (non-hydrogen) atoms. The van der Waals surface area contributed by atoms with E-state index < -0.39 is 21.6 Å². The zero-order valence-electron chi connectivity index (χ0n) is 11.9. The smallest absolute Gasteiger partial charge is 0.313 e. The van der Waals surface area contributed by atoms with Gasteiger partial charge in [0, 0.05) is 0 Å². The van der Waals surface area contributed by atoms with Crippen molar-refractivity contribution in [2.45, 2.75) is 42.8 Å². The molecule has 6 nitrogen and oxygen atoms in total. The molecule has 0 aromatic carbocycles. The van der Waals surface area contributed by atoms with E-state index in [0.29, 0.717) is 0 Å². The van der Waals surface area contributed by atoms with E-state index in [1.807, 2.05) is 0 Å². The summed E-state index contributed by atoms with van der Waals surface area (Å²) in [5.74, 6) is -1.95. The average Bonchev–Trinajstić information content (AvgIpc) is 2.38. The lowest BCUT2D eigenvalue weighted by Gasteiger charge is -2.12. The molecular formula is C13H18Br2O6. The van der Waals surface area contributed by atoms with Crippen LogP contribution >= 0.6 is 31.9 Å². The molecule has 0 saturated carbocycles. The van der Waals surface area contributed by atoms with E-state index in [2.05, 4.69) is 41.3 Å². The summed E-state index contributed by atoms with van der Waals surface area (Å²) < 4.78 is 9.35. The van der Waals surface area contributed by atoms with Crippen molar-refractivity contribution >= 4 is 55.4 Å². The SMILES string of the molecule is CCOC(=O)CC(=O)C(Br)CC(Br)C(=O)CC(=O)OCC. The Bertz CT molecular complexity index is 360. The average molecular weight is 430 g/mol. The fourth-order valence-electron chi connectivity index (χ4n) is 1.37. The van der Waals surface area contributed by atoms with Gasteiger partial charge in [-0.05, 0) is 20.3 Å². The van der Waals surface area contributed by atoms with Crippen LogP contribution in [0.4, 0.5) is 0 Å². The van der Waals surface area contributed by atoms with E-state index in [9.17, 15) is 19.2 Å². The van der Waals surface area contributed by atoms with E-state index in [4.69, 9.17) is 0 Å². The van der Waals surface area contributed by atoms with Crippen LogP contribution < -0.4 is 0 Å². The molecule has 0 fully saturated rings. The summed E-state index contributed by atoms with van der Waals surface area (Å²) in [5, 5.41) is 0. The Morgan fingerprint density at radius 2 is 1.14 bits per heavy atom. The third-order valence-corrected chi connectivity index (χ3v) is 4.13. The Kier molecular flexibility index (Phi) is 10.5. The molecule has 0 heterocycles. The van der Waals surface area contributed by atoms with Crippen molar-refractivity contribution in [2.24, 2.45) is 0 Å². The van der Waals surface area contributed by atoms with Gasteiger partial charge in [-0.2, -0.15) is 0 Å². The van der Waals surface area contributed by atoms with E-state index in [1.165, 1.54) is 0 Å². The molecule has 0 N–H and O–H groups in total. The van der Waals surface area contributed by atoms with Crippen LogP contribution in [-0.2, 0) is 28.7 Å². The van der Waals surface area contributed by atoms with Crippen molar-refractivity contribution < 1.29 is 28.7 Å². The number of carbonyl (C=O) groups excluding carboxylic acids is 4. The summed E-state index contributed by atoms with van der Waals surface area (Å²) in [4.78, 5) is 44.5. The number of alkyl halides is 2. The van der Waals surface area contributed by atoms with E-state index in [0.717, 1.165) is 0 Å². The number of esters is 2. The molecule has 2 atom stereocenters. The Morgan fingerprint density at radius 3 is 1.43 bits per heavy atom. The van der Waals surface area contributed by atoms with Gasteiger partial charge in [-0.3, -0.25) is 19.2 Å². The Labute approximate surface area is 140 Å². The monoisotopic (exact) mass is 428 g/mol. The topological polar surface area (TPSA) is 86.7 Å². The first-order valence-corrected chi connectivity index (χ1v) is 8.29. The number of ketones is 2. The summed E-state index contributed by atoms with van der Waals surface area (Å²) in [6.45, 7) is 3.71. The molecule has 120 valence electrons. The maximum Gasteiger partial charge on any atom is 0.313 e. The Balaban J connectivity index is 4.26. The highest BCUT2D eigenvalue weighted by atomic mass is 79.9. The first-order chi connectivity index (χ1) is 9.81. The van der Waals surface area contributed by atoms with Crippen molar-refractivity contribution in [3.63, 3.8) is 0 Å². The highest BCUT2D eigenvalue weighted by molar-refractivity contribution is 9.10. The largest absolute Gasteiger partial charge is 0.466 e. The lowest BCUT2D eigenvalue weighted by molar-refractivity contribution is -0.146. The maximum absolute atomic E-state index is 11.7. The molecule has 0 aromatic heterocycles. The molecule has 0 aromatic rings. The molecule has 8 heteroatoms. The lowest BCUT2D eigenvalue weighted by Crippen LogP contribution is -2.27. The second-order valence-corrected chi connectivity index (χ2v) is 6.28. The van der Waals surface area contributed by atoms with Gasteiger partial charge in [-0.1, -0.05) is 31.9 Å². The van der Waals surface area contributed by atoms with Gasteiger partial charge < -0.3 is 9.47 Å². The molecule has 0 spiro atoms. The van der Waals surface area contributed by atoms with Crippen LogP contribution in [0.2, 0.25) is 0 Å². The van der Waals surface area contributed by atoms with Crippen LogP contribution in [0.3, 0.4) is 0 Å². The van der Waals surface area contributed by atoms with Gasteiger partial charge in [0.1, 0.15) is 12.8 Å². The number of hydrogen-bond donors (Lipinski definition) is 0. The van der Waals surface area contributed by atoms with Crippen molar-refractivity contribution in [3.05, 3.63) is 0 Å². The van der Waals surface area contributed by atoms with Gasteiger partial charge in [-0.15, -0.1) is 0 Å². The fourth-order valence-corrected chi connectivity index (χ4v) is 2.95. The first-order valence-electron chi connectivity index (χ1n) is 6.46. The van der Waals surface area contributed by atoms with Gasteiger partial charge >= 0.3 is 11.9 Å². The van der Waals surface area contributed by atoms with Crippen molar-refractivity contribution in [1.29, 1.82) is 0 Å². The molecule has 0 amide bonds. The second-order valence-electron chi connectivity index (χ2n) is 4.07. The van der Waals surface area contributed by atoms with Crippen LogP contribution in [0.15, 0.2) is 0 Å². The maximum atomic E-state index is 11.7. The third-order valence-electron chi connectivity index (χ3n) is 2.36. The van der Waals surface area contributed by atoms with Crippen molar-refractivity contribution in [3.8, 4) is 0 Å². The molecule has 0 aliphatic heterocycles. The Hall–Kier alpha value is -0.760. The number of rotatable bonds is 10. The lowest BCUT2D eigenvalue weighted by atomic mass is 10.1. The van der Waals surface area contributed by atoms with E-state index in [1.54, 1.807) is 13.8 Å². The van der Waals surface area contributed by atoms with Crippen molar-refractivity contribution in [2.75, 3.05) is 13.2 Å². The minimum absolute atomic E-state index is 0.135. The molecule has 2 unspecified atom stereocenters. The number of Topliss-reactive ketones (excluding diaryl/α,β-unsaturated/α-hetero) is 2. The first kappa shape index (κ1) is 20.2. The number of halogens is 2. The predicted molar refractivity (Wildman–Crippen MR) is 82.6 cm³/mol. The van der Waals surface area contributed by atoms with Crippen LogP contribution in [0.25, 0.3) is 0 Å². The zero-order valence-corrected chi connectivity index (χ0v) is 15.1.